The first-order valence-corrected chi connectivity index (χ1v) is 6.43. The van der Waals surface area contributed by atoms with Gasteiger partial charge in [0.2, 0.25) is 0 Å². The van der Waals surface area contributed by atoms with Gasteiger partial charge in [0.1, 0.15) is 4.60 Å². The predicted octanol–water partition coefficient (Wildman–Crippen LogP) is 1.67. The molecule has 0 radical (unpaired) electrons. The summed E-state index contributed by atoms with van der Waals surface area (Å²) in [5, 5.41) is 11.8. The molecule has 1 atom stereocenters. The van der Waals surface area contributed by atoms with Gasteiger partial charge in [0.05, 0.1) is 0 Å². The van der Waals surface area contributed by atoms with E-state index < -0.39 is 0 Å². The van der Waals surface area contributed by atoms with Gasteiger partial charge in [-0.2, -0.15) is 0 Å². The van der Waals surface area contributed by atoms with Crippen LogP contribution in [0.3, 0.4) is 0 Å². The molecule has 0 bridgehead atoms. The number of anilines is 1. The molecular weight excluding hydrogens is 268 g/mol. The monoisotopic (exact) mass is 284 g/mol. The Morgan fingerprint density at radius 2 is 2.25 bits per heavy atom. The van der Waals surface area contributed by atoms with Crippen LogP contribution < -0.4 is 10.2 Å². The van der Waals surface area contributed by atoms with Crippen LogP contribution in [-0.2, 0) is 0 Å². The zero-order valence-corrected chi connectivity index (χ0v) is 11.2. The van der Waals surface area contributed by atoms with Crippen LogP contribution in [0, 0.1) is 5.92 Å². The zero-order valence-electron chi connectivity index (χ0n) is 9.65. The molecule has 0 aliphatic carbocycles. The molecule has 1 N–H and O–H groups in total. The van der Waals surface area contributed by atoms with Crippen molar-refractivity contribution in [2.75, 3.05) is 24.5 Å². The Balaban J connectivity index is 2.06. The van der Waals surface area contributed by atoms with E-state index in [-0.39, 0.29) is 0 Å². The van der Waals surface area contributed by atoms with Gasteiger partial charge in [-0.3, -0.25) is 0 Å². The Morgan fingerprint density at radius 1 is 1.44 bits per heavy atom. The van der Waals surface area contributed by atoms with Crippen LogP contribution in [0.2, 0.25) is 0 Å². The van der Waals surface area contributed by atoms with Crippen molar-refractivity contribution < 1.29 is 0 Å². The van der Waals surface area contributed by atoms with Crippen molar-refractivity contribution in [2.45, 2.75) is 19.9 Å². The fourth-order valence-corrected chi connectivity index (χ4v) is 2.12. The van der Waals surface area contributed by atoms with E-state index in [1.807, 2.05) is 12.1 Å². The van der Waals surface area contributed by atoms with Crippen molar-refractivity contribution in [1.29, 1.82) is 0 Å². The summed E-state index contributed by atoms with van der Waals surface area (Å²) in [5.74, 6) is 1.61. The van der Waals surface area contributed by atoms with Crippen LogP contribution in [0.5, 0.6) is 0 Å². The number of nitrogens with one attached hydrogen (secondary N) is 1. The number of piperazine rings is 1. The molecule has 2 heterocycles. The number of nitrogens with zero attached hydrogens (tertiary/aromatic N) is 3. The maximum Gasteiger partial charge on any atom is 0.151 e. The summed E-state index contributed by atoms with van der Waals surface area (Å²) in [6, 6.07) is 4.49. The van der Waals surface area contributed by atoms with Gasteiger partial charge in [-0.05, 0) is 34.0 Å². The SMILES string of the molecule is CC(C)C1CN(c2ccc(Br)nn2)CCN1. The van der Waals surface area contributed by atoms with Crippen LogP contribution >= 0.6 is 15.9 Å². The molecule has 1 saturated heterocycles. The fraction of sp³-hybridized carbons (Fsp3) is 0.636. The first-order valence-electron chi connectivity index (χ1n) is 5.64. The van der Waals surface area contributed by atoms with Crippen molar-refractivity contribution in [3.63, 3.8) is 0 Å². The van der Waals surface area contributed by atoms with E-state index in [0.717, 1.165) is 30.1 Å². The second kappa shape index (κ2) is 5.10. The Kier molecular flexibility index (Phi) is 3.76. The summed E-state index contributed by atoms with van der Waals surface area (Å²) in [4.78, 5) is 2.29. The van der Waals surface area contributed by atoms with E-state index in [2.05, 4.69) is 50.2 Å². The van der Waals surface area contributed by atoms with Crippen LogP contribution in [-0.4, -0.2) is 35.9 Å². The molecular formula is C11H17BrN4. The molecule has 0 saturated carbocycles. The van der Waals surface area contributed by atoms with Gasteiger partial charge in [-0.25, -0.2) is 0 Å². The smallest absolute Gasteiger partial charge is 0.151 e. The van der Waals surface area contributed by atoms with E-state index in [1.54, 1.807) is 0 Å². The first-order chi connectivity index (χ1) is 7.66. The molecule has 1 fully saturated rings. The number of halogens is 1. The lowest BCUT2D eigenvalue weighted by atomic mass is 10.0. The molecule has 0 amide bonds. The molecule has 1 unspecified atom stereocenters. The number of hydrogen-bond donors (Lipinski definition) is 1. The molecule has 0 spiro atoms. The Morgan fingerprint density at radius 3 is 2.88 bits per heavy atom. The number of rotatable bonds is 2. The van der Waals surface area contributed by atoms with Crippen LogP contribution in [0.15, 0.2) is 16.7 Å². The minimum absolute atomic E-state index is 0.541. The molecule has 0 aromatic carbocycles. The lowest BCUT2D eigenvalue weighted by molar-refractivity contribution is 0.367. The Bertz CT molecular complexity index is 338. The van der Waals surface area contributed by atoms with Crippen LogP contribution in [0.25, 0.3) is 0 Å². The van der Waals surface area contributed by atoms with E-state index in [0.29, 0.717) is 12.0 Å². The third kappa shape index (κ3) is 2.71. The van der Waals surface area contributed by atoms with E-state index in [4.69, 9.17) is 0 Å². The molecule has 16 heavy (non-hydrogen) atoms. The summed E-state index contributed by atoms with van der Waals surface area (Å²) in [6.45, 7) is 7.51. The third-order valence-corrected chi connectivity index (χ3v) is 3.37. The summed E-state index contributed by atoms with van der Waals surface area (Å²) < 4.78 is 0.784. The second-order valence-corrected chi connectivity index (χ2v) is 5.28. The quantitative estimate of drug-likeness (QED) is 0.897. The molecule has 1 aromatic heterocycles. The third-order valence-electron chi connectivity index (χ3n) is 2.95. The van der Waals surface area contributed by atoms with Crippen LogP contribution in [0.4, 0.5) is 5.82 Å². The van der Waals surface area contributed by atoms with Gasteiger partial charge in [0.25, 0.3) is 0 Å². The largest absolute Gasteiger partial charge is 0.352 e. The molecule has 88 valence electrons. The van der Waals surface area contributed by atoms with Crippen molar-refractivity contribution in [3.05, 3.63) is 16.7 Å². The highest BCUT2D eigenvalue weighted by atomic mass is 79.9. The Labute approximate surface area is 105 Å². The van der Waals surface area contributed by atoms with Crippen molar-refractivity contribution in [1.82, 2.24) is 15.5 Å². The molecule has 1 aliphatic heterocycles. The van der Waals surface area contributed by atoms with E-state index in [1.165, 1.54) is 0 Å². The van der Waals surface area contributed by atoms with Gasteiger partial charge in [0.15, 0.2) is 5.82 Å². The van der Waals surface area contributed by atoms with Crippen molar-refractivity contribution in [3.8, 4) is 0 Å². The Hall–Kier alpha value is -0.680. The highest BCUT2D eigenvalue weighted by Crippen LogP contribution is 2.16. The maximum atomic E-state index is 4.20. The zero-order chi connectivity index (χ0) is 11.5. The van der Waals surface area contributed by atoms with Crippen molar-refractivity contribution in [2.24, 2.45) is 5.92 Å². The lowest BCUT2D eigenvalue weighted by Gasteiger charge is -2.36. The van der Waals surface area contributed by atoms with Crippen molar-refractivity contribution >= 4 is 21.7 Å². The summed E-state index contributed by atoms with van der Waals surface area (Å²) in [7, 11) is 0. The summed E-state index contributed by atoms with van der Waals surface area (Å²) in [6.07, 6.45) is 0. The number of hydrogen-bond acceptors (Lipinski definition) is 4. The summed E-state index contributed by atoms with van der Waals surface area (Å²) >= 11 is 3.30. The predicted molar refractivity (Wildman–Crippen MR) is 68.6 cm³/mol. The van der Waals surface area contributed by atoms with E-state index in [9.17, 15) is 0 Å². The maximum absolute atomic E-state index is 4.20. The normalized spacial score (nSPS) is 21.5. The van der Waals surface area contributed by atoms with Gasteiger partial charge in [-0.1, -0.05) is 13.8 Å². The highest BCUT2D eigenvalue weighted by Gasteiger charge is 2.22. The lowest BCUT2D eigenvalue weighted by Crippen LogP contribution is -2.53. The van der Waals surface area contributed by atoms with E-state index >= 15 is 0 Å². The molecule has 1 aromatic rings. The first kappa shape index (κ1) is 11.8. The molecule has 2 rings (SSSR count). The standard InChI is InChI=1S/C11H17BrN4/c1-8(2)9-7-16(6-5-13-9)11-4-3-10(12)14-15-11/h3-4,8-9,13H,5-7H2,1-2H3. The topological polar surface area (TPSA) is 41.1 Å². The molecule has 5 heteroatoms. The van der Waals surface area contributed by atoms with Gasteiger partial charge in [0, 0.05) is 25.7 Å². The van der Waals surface area contributed by atoms with Gasteiger partial charge >= 0.3 is 0 Å². The number of aromatic nitrogens is 2. The summed E-state index contributed by atoms with van der Waals surface area (Å²) in [5.41, 5.74) is 0. The van der Waals surface area contributed by atoms with Gasteiger partial charge in [-0.15, -0.1) is 10.2 Å². The second-order valence-electron chi connectivity index (χ2n) is 4.46. The average Bonchev–Trinajstić information content (AvgIpc) is 2.30. The minimum atomic E-state index is 0.541. The fourth-order valence-electron chi connectivity index (χ4n) is 1.91. The molecule has 1 aliphatic rings. The highest BCUT2D eigenvalue weighted by molar-refractivity contribution is 9.10. The van der Waals surface area contributed by atoms with Gasteiger partial charge < -0.3 is 10.2 Å². The average molecular weight is 285 g/mol. The van der Waals surface area contributed by atoms with Crippen LogP contribution in [0.1, 0.15) is 13.8 Å². The molecule has 4 nitrogen and oxygen atoms in total. The minimum Gasteiger partial charge on any atom is -0.352 e.